The Morgan fingerprint density at radius 3 is 2.75 bits per heavy atom. The van der Waals surface area contributed by atoms with Gasteiger partial charge in [0.25, 0.3) is 0 Å². The van der Waals surface area contributed by atoms with Gasteiger partial charge in [0.2, 0.25) is 10.0 Å². The number of sulfonamides is 1. The summed E-state index contributed by atoms with van der Waals surface area (Å²) in [5.41, 5.74) is -0.938. The molecule has 3 N–H and O–H groups in total. The van der Waals surface area contributed by atoms with Crippen molar-refractivity contribution in [3.8, 4) is 0 Å². The molecule has 1 heterocycles. The standard InChI is InChI=1S/C11H17N3O5S/c15-10(16)2-5-14-7-9(6-12-14)20(18,19)13-8-11(17)3-1-4-11/h6-7,13,17H,1-5,8H2,(H,15,16). The molecule has 0 aromatic carbocycles. The van der Waals surface area contributed by atoms with Crippen LogP contribution in [0.5, 0.6) is 0 Å². The summed E-state index contributed by atoms with van der Waals surface area (Å²) in [7, 11) is -3.73. The van der Waals surface area contributed by atoms with Crippen molar-refractivity contribution in [3.05, 3.63) is 12.4 Å². The Kier molecular flexibility index (Phi) is 4.11. The van der Waals surface area contributed by atoms with Crippen molar-refractivity contribution in [1.82, 2.24) is 14.5 Å². The van der Waals surface area contributed by atoms with Crippen LogP contribution in [0.3, 0.4) is 0 Å². The molecule has 2 rings (SSSR count). The second-order valence-electron chi connectivity index (χ2n) is 4.99. The molecule has 112 valence electrons. The third kappa shape index (κ3) is 3.56. The Morgan fingerprint density at radius 1 is 1.50 bits per heavy atom. The first kappa shape index (κ1) is 14.9. The third-order valence-corrected chi connectivity index (χ3v) is 4.71. The zero-order chi connectivity index (χ0) is 14.8. The molecule has 1 aromatic rings. The molecule has 1 saturated carbocycles. The normalized spacial score (nSPS) is 17.6. The molecular formula is C11H17N3O5S. The van der Waals surface area contributed by atoms with Gasteiger partial charge in [-0.3, -0.25) is 9.48 Å². The van der Waals surface area contributed by atoms with Crippen LogP contribution in [-0.4, -0.2) is 46.5 Å². The molecule has 0 bridgehead atoms. The predicted octanol–water partition coefficient (Wildman–Crippen LogP) is -0.449. The average molecular weight is 303 g/mol. The van der Waals surface area contributed by atoms with Gasteiger partial charge in [-0.2, -0.15) is 5.10 Å². The van der Waals surface area contributed by atoms with Gasteiger partial charge >= 0.3 is 5.97 Å². The molecule has 8 nitrogen and oxygen atoms in total. The number of carboxylic acid groups (broad SMARTS) is 1. The summed E-state index contributed by atoms with van der Waals surface area (Å²) in [6.45, 7) is 0.0877. The highest BCUT2D eigenvalue weighted by Gasteiger charge is 2.35. The van der Waals surface area contributed by atoms with E-state index in [2.05, 4.69) is 9.82 Å². The van der Waals surface area contributed by atoms with E-state index in [0.29, 0.717) is 12.8 Å². The summed E-state index contributed by atoms with van der Waals surface area (Å²) < 4.78 is 27.6. The lowest BCUT2D eigenvalue weighted by Gasteiger charge is -2.36. The highest BCUT2D eigenvalue weighted by molar-refractivity contribution is 7.89. The quantitative estimate of drug-likeness (QED) is 0.627. The topological polar surface area (TPSA) is 122 Å². The molecule has 0 spiro atoms. The van der Waals surface area contributed by atoms with Gasteiger partial charge in [0, 0.05) is 12.7 Å². The number of rotatable bonds is 7. The Morgan fingerprint density at radius 2 is 2.20 bits per heavy atom. The highest BCUT2D eigenvalue weighted by atomic mass is 32.2. The van der Waals surface area contributed by atoms with Gasteiger partial charge in [0.15, 0.2) is 0 Å². The molecule has 20 heavy (non-hydrogen) atoms. The van der Waals surface area contributed by atoms with E-state index in [4.69, 9.17) is 5.11 Å². The van der Waals surface area contributed by atoms with E-state index in [1.807, 2.05) is 0 Å². The second kappa shape index (κ2) is 5.51. The highest BCUT2D eigenvalue weighted by Crippen LogP contribution is 2.30. The number of carbonyl (C=O) groups is 1. The summed E-state index contributed by atoms with van der Waals surface area (Å²) in [6, 6.07) is 0. The van der Waals surface area contributed by atoms with Crippen molar-refractivity contribution in [2.75, 3.05) is 6.54 Å². The van der Waals surface area contributed by atoms with Gasteiger partial charge in [-0.15, -0.1) is 0 Å². The predicted molar refractivity (Wildman–Crippen MR) is 68.5 cm³/mol. The van der Waals surface area contributed by atoms with Crippen LogP contribution >= 0.6 is 0 Å². The van der Waals surface area contributed by atoms with E-state index in [1.165, 1.54) is 10.9 Å². The number of nitrogens with zero attached hydrogens (tertiary/aromatic N) is 2. The zero-order valence-electron chi connectivity index (χ0n) is 10.8. The fourth-order valence-corrected chi connectivity index (χ4v) is 2.96. The zero-order valence-corrected chi connectivity index (χ0v) is 11.6. The molecule has 0 radical (unpaired) electrons. The van der Waals surface area contributed by atoms with Crippen molar-refractivity contribution in [3.63, 3.8) is 0 Å². The molecule has 1 aliphatic rings. The second-order valence-corrected chi connectivity index (χ2v) is 6.75. The SMILES string of the molecule is O=C(O)CCn1cc(S(=O)(=O)NCC2(O)CCC2)cn1. The average Bonchev–Trinajstić information content (AvgIpc) is 2.81. The largest absolute Gasteiger partial charge is 0.481 e. The van der Waals surface area contributed by atoms with Crippen LogP contribution < -0.4 is 4.72 Å². The lowest BCUT2D eigenvalue weighted by Crippen LogP contribution is -2.47. The van der Waals surface area contributed by atoms with Crippen LogP contribution in [-0.2, 0) is 21.4 Å². The molecule has 1 fully saturated rings. The number of aliphatic carboxylic acids is 1. The number of hydrogen-bond acceptors (Lipinski definition) is 5. The maximum Gasteiger partial charge on any atom is 0.305 e. The minimum absolute atomic E-state index is 0.0182. The molecule has 1 aromatic heterocycles. The Labute approximate surface area is 116 Å². The first-order chi connectivity index (χ1) is 9.31. The van der Waals surface area contributed by atoms with E-state index in [1.54, 1.807) is 0 Å². The molecular weight excluding hydrogens is 286 g/mol. The molecule has 0 atom stereocenters. The molecule has 0 amide bonds. The molecule has 9 heteroatoms. The smallest absolute Gasteiger partial charge is 0.305 e. The Bertz CT molecular complexity index is 591. The lowest BCUT2D eigenvalue weighted by atomic mass is 9.81. The van der Waals surface area contributed by atoms with Crippen LogP contribution in [0.1, 0.15) is 25.7 Å². The van der Waals surface area contributed by atoms with Crippen LogP contribution in [0.25, 0.3) is 0 Å². The Hall–Kier alpha value is -1.45. The summed E-state index contributed by atoms with van der Waals surface area (Å²) in [4.78, 5) is 10.4. The van der Waals surface area contributed by atoms with Crippen molar-refractivity contribution < 1.29 is 23.4 Å². The molecule has 1 aliphatic carbocycles. The number of aryl methyl sites for hydroxylation is 1. The van der Waals surface area contributed by atoms with Gasteiger partial charge in [-0.1, -0.05) is 0 Å². The van der Waals surface area contributed by atoms with Crippen LogP contribution in [0, 0.1) is 0 Å². The van der Waals surface area contributed by atoms with Gasteiger partial charge in [0.05, 0.1) is 24.8 Å². The monoisotopic (exact) mass is 303 g/mol. The number of hydrogen-bond donors (Lipinski definition) is 3. The van der Waals surface area contributed by atoms with Gasteiger partial charge in [0.1, 0.15) is 4.90 Å². The van der Waals surface area contributed by atoms with Crippen molar-refractivity contribution >= 4 is 16.0 Å². The number of nitrogens with one attached hydrogen (secondary N) is 1. The maximum atomic E-state index is 12.0. The van der Waals surface area contributed by atoms with E-state index in [0.717, 1.165) is 12.6 Å². The maximum absolute atomic E-state index is 12.0. The van der Waals surface area contributed by atoms with Crippen LogP contribution in [0.2, 0.25) is 0 Å². The van der Waals surface area contributed by atoms with Crippen molar-refractivity contribution in [2.24, 2.45) is 0 Å². The fourth-order valence-electron chi connectivity index (χ4n) is 1.89. The van der Waals surface area contributed by atoms with E-state index in [9.17, 15) is 18.3 Å². The van der Waals surface area contributed by atoms with Gasteiger partial charge in [-0.05, 0) is 19.3 Å². The van der Waals surface area contributed by atoms with E-state index >= 15 is 0 Å². The number of aromatic nitrogens is 2. The fraction of sp³-hybridized carbons (Fsp3) is 0.636. The van der Waals surface area contributed by atoms with Gasteiger partial charge in [-0.25, -0.2) is 13.1 Å². The summed E-state index contributed by atoms with van der Waals surface area (Å²) in [6.07, 6.45) is 4.38. The van der Waals surface area contributed by atoms with Crippen molar-refractivity contribution in [1.29, 1.82) is 0 Å². The third-order valence-electron chi connectivity index (χ3n) is 3.35. The number of carboxylic acids is 1. The molecule has 0 unspecified atom stereocenters. The van der Waals surface area contributed by atoms with Gasteiger partial charge < -0.3 is 10.2 Å². The lowest BCUT2D eigenvalue weighted by molar-refractivity contribution is -0.137. The van der Waals surface area contributed by atoms with E-state index in [-0.39, 0.29) is 24.4 Å². The van der Waals surface area contributed by atoms with E-state index < -0.39 is 21.6 Å². The summed E-state index contributed by atoms with van der Waals surface area (Å²) in [5, 5.41) is 22.2. The molecule has 0 saturated heterocycles. The molecule has 0 aliphatic heterocycles. The minimum Gasteiger partial charge on any atom is -0.481 e. The summed E-state index contributed by atoms with van der Waals surface area (Å²) >= 11 is 0. The van der Waals surface area contributed by atoms with Crippen LogP contribution in [0.15, 0.2) is 17.3 Å². The minimum atomic E-state index is -3.73. The van der Waals surface area contributed by atoms with Crippen molar-refractivity contribution in [2.45, 2.75) is 42.7 Å². The summed E-state index contributed by atoms with van der Waals surface area (Å²) in [5.74, 6) is -0.977. The first-order valence-electron chi connectivity index (χ1n) is 6.27. The first-order valence-corrected chi connectivity index (χ1v) is 7.75. The number of aliphatic hydroxyl groups is 1. The Balaban J connectivity index is 1.96. The van der Waals surface area contributed by atoms with Crippen LogP contribution in [0.4, 0.5) is 0 Å².